The van der Waals surface area contributed by atoms with Crippen molar-refractivity contribution in [1.29, 1.82) is 0 Å². The molecule has 2 N–H and O–H groups in total. The number of hydrogen-bond donors (Lipinski definition) is 2. The predicted molar refractivity (Wildman–Crippen MR) is 66.9 cm³/mol. The van der Waals surface area contributed by atoms with Gasteiger partial charge in [0.25, 0.3) is 11.6 Å². The summed E-state index contributed by atoms with van der Waals surface area (Å²) in [6.07, 6.45) is 0.707. The van der Waals surface area contributed by atoms with Gasteiger partial charge in [-0.15, -0.1) is 0 Å². The van der Waals surface area contributed by atoms with Crippen molar-refractivity contribution in [3.63, 3.8) is 0 Å². The molecule has 0 bridgehead atoms. The summed E-state index contributed by atoms with van der Waals surface area (Å²) >= 11 is 0. The normalized spacial score (nSPS) is 11.7. The van der Waals surface area contributed by atoms with E-state index in [1.807, 2.05) is 0 Å². The van der Waals surface area contributed by atoms with E-state index < -0.39 is 34.3 Å². The molecule has 1 amide bonds. The van der Waals surface area contributed by atoms with Crippen LogP contribution in [0.5, 0.6) is 0 Å². The monoisotopic (exact) mass is 284 g/mol. The molecule has 0 aromatic heterocycles. The molecule has 1 rings (SSSR count). The van der Waals surface area contributed by atoms with Crippen molar-refractivity contribution in [2.24, 2.45) is 0 Å². The van der Waals surface area contributed by atoms with E-state index in [1.54, 1.807) is 6.92 Å². The Morgan fingerprint density at radius 3 is 2.65 bits per heavy atom. The lowest BCUT2D eigenvalue weighted by Gasteiger charge is -2.13. The average Bonchev–Trinajstić information content (AvgIpc) is 2.37. The Morgan fingerprint density at radius 2 is 2.15 bits per heavy atom. The van der Waals surface area contributed by atoms with Gasteiger partial charge >= 0.3 is 5.97 Å². The second-order valence-electron chi connectivity index (χ2n) is 4.07. The molecule has 0 unspecified atom stereocenters. The lowest BCUT2D eigenvalue weighted by atomic mass is 10.1. The van der Waals surface area contributed by atoms with Gasteiger partial charge in [-0.2, -0.15) is 0 Å². The van der Waals surface area contributed by atoms with Crippen molar-refractivity contribution in [2.75, 3.05) is 0 Å². The molecule has 0 saturated carbocycles. The van der Waals surface area contributed by atoms with E-state index in [1.165, 1.54) is 0 Å². The zero-order valence-electron chi connectivity index (χ0n) is 10.6. The van der Waals surface area contributed by atoms with Crippen molar-refractivity contribution in [3.05, 3.63) is 39.7 Å². The lowest BCUT2D eigenvalue weighted by Crippen LogP contribution is -2.40. The summed E-state index contributed by atoms with van der Waals surface area (Å²) in [5.74, 6) is -3.00. The van der Waals surface area contributed by atoms with Crippen LogP contribution in [-0.2, 0) is 4.79 Å². The largest absolute Gasteiger partial charge is 0.480 e. The van der Waals surface area contributed by atoms with Gasteiger partial charge in [0, 0.05) is 0 Å². The van der Waals surface area contributed by atoms with Gasteiger partial charge in [-0.3, -0.25) is 14.9 Å². The predicted octanol–water partition coefficient (Wildman–Crippen LogP) is 1.72. The number of aliphatic carboxylic acids is 1. The highest BCUT2D eigenvalue weighted by atomic mass is 19.1. The van der Waals surface area contributed by atoms with Crippen LogP contribution in [0.3, 0.4) is 0 Å². The second-order valence-corrected chi connectivity index (χ2v) is 4.07. The van der Waals surface area contributed by atoms with Crippen molar-refractivity contribution >= 4 is 17.6 Å². The van der Waals surface area contributed by atoms with Crippen LogP contribution in [0.4, 0.5) is 10.1 Å². The Labute approximate surface area is 113 Å². The quantitative estimate of drug-likeness (QED) is 0.610. The van der Waals surface area contributed by atoms with Gasteiger partial charge in [-0.1, -0.05) is 13.3 Å². The Hall–Kier alpha value is -2.51. The third kappa shape index (κ3) is 3.74. The number of carbonyl (C=O) groups is 2. The van der Waals surface area contributed by atoms with Crippen LogP contribution in [0.25, 0.3) is 0 Å². The van der Waals surface area contributed by atoms with Gasteiger partial charge < -0.3 is 10.4 Å². The molecule has 0 spiro atoms. The van der Waals surface area contributed by atoms with E-state index in [9.17, 15) is 24.1 Å². The first-order valence-electron chi connectivity index (χ1n) is 5.84. The van der Waals surface area contributed by atoms with E-state index in [4.69, 9.17) is 5.11 Å². The molecule has 0 saturated heterocycles. The fourth-order valence-corrected chi connectivity index (χ4v) is 1.63. The average molecular weight is 284 g/mol. The minimum atomic E-state index is -1.23. The SMILES string of the molecule is CCC[C@H](NC(=O)c1ccc(F)cc1[N+](=O)[O-])C(=O)O. The zero-order valence-corrected chi connectivity index (χ0v) is 10.6. The van der Waals surface area contributed by atoms with Gasteiger partial charge in [0.1, 0.15) is 17.4 Å². The van der Waals surface area contributed by atoms with E-state index in [2.05, 4.69) is 5.32 Å². The Balaban J connectivity index is 3.03. The molecule has 0 aliphatic heterocycles. The first-order chi connectivity index (χ1) is 9.36. The summed E-state index contributed by atoms with van der Waals surface area (Å²) in [6, 6.07) is 1.33. The maximum absolute atomic E-state index is 13.0. The number of nitro benzene ring substituents is 1. The smallest absolute Gasteiger partial charge is 0.326 e. The zero-order chi connectivity index (χ0) is 15.3. The molecule has 108 valence electrons. The molecular weight excluding hydrogens is 271 g/mol. The van der Waals surface area contributed by atoms with Crippen molar-refractivity contribution in [1.82, 2.24) is 5.32 Å². The molecule has 1 aromatic rings. The molecule has 0 fully saturated rings. The lowest BCUT2D eigenvalue weighted by molar-refractivity contribution is -0.385. The first kappa shape index (κ1) is 15.5. The van der Waals surface area contributed by atoms with Crippen LogP contribution in [0.2, 0.25) is 0 Å². The molecule has 1 atom stereocenters. The number of rotatable bonds is 6. The highest BCUT2D eigenvalue weighted by Crippen LogP contribution is 2.20. The van der Waals surface area contributed by atoms with Crippen LogP contribution >= 0.6 is 0 Å². The maximum atomic E-state index is 13.0. The molecule has 0 radical (unpaired) electrons. The molecule has 20 heavy (non-hydrogen) atoms. The fraction of sp³-hybridized carbons (Fsp3) is 0.333. The third-order valence-corrected chi connectivity index (χ3v) is 2.58. The summed E-state index contributed by atoms with van der Waals surface area (Å²) in [4.78, 5) is 32.7. The summed E-state index contributed by atoms with van der Waals surface area (Å²) in [6.45, 7) is 1.74. The molecule has 0 aliphatic rings. The standard InChI is InChI=1S/C12H13FN2O5/c1-2-3-9(12(17)18)14-11(16)8-5-4-7(13)6-10(8)15(19)20/h4-6,9H,2-3H2,1H3,(H,14,16)(H,17,18)/t9-/m0/s1. The number of carboxylic acids is 1. The number of carbonyl (C=O) groups excluding carboxylic acids is 1. The highest BCUT2D eigenvalue weighted by molar-refractivity contribution is 5.99. The number of amides is 1. The van der Waals surface area contributed by atoms with Crippen LogP contribution in [0.15, 0.2) is 18.2 Å². The third-order valence-electron chi connectivity index (χ3n) is 2.58. The van der Waals surface area contributed by atoms with Gasteiger partial charge in [0.15, 0.2) is 0 Å². The fourth-order valence-electron chi connectivity index (χ4n) is 1.63. The number of nitrogens with zero attached hydrogens (tertiary/aromatic N) is 1. The second kappa shape index (κ2) is 6.60. The van der Waals surface area contributed by atoms with E-state index in [-0.39, 0.29) is 12.0 Å². The number of nitro groups is 1. The maximum Gasteiger partial charge on any atom is 0.326 e. The van der Waals surface area contributed by atoms with Crippen molar-refractivity contribution < 1.29 is 24.0 Å². The van der Waals surface area contributed by atoms with Gasteiger partial charge in [-0.25, -0.2) is 9.18 Å². The van der Waals surface area contributed by atoms with Gasteiger partial charge in [0.05, 0.1) is 11.0 Å². The molecule has 1 aromatic carbocycles. The molecule has 8 heteroatoms. The Morgan fingerprint density at radius 1 is 1.50 bits per heavy atom. The number of benzene rings is 1. The van der Waals surface area contributed by atoms with Gasteiger partial charge in [-0.05, 0) is 18.6 Å². The number of carboxylic acid groups (broad SMARTS) is 1. The van der Waals surface area contributed by atoms with Crippen molar-refractivity contribution in [2.45, 2.75) is 25.8 Å². The summed E-state index contributed by atoms with van der Waals surface area (Å²) < 4.78 is 13.0. The van der Waals surface area contributed by atoms with E-state index in [0.29, 0.717) is 12.5 Å². The van der Waals surface area contributed by atoms with Gasteiger partial charge in [0.2, 0.25) is 0 Å². The molecule has 0 heterocycles. The Bertz CT molecular complexity index is 547. The van der Waals surface area contributed by atoms with Crippen molar-refractivity contribution in [3.8, 4) is 0 Å². The van der Waals surface area contributed by atoms with Crippen LogP contribution in [-0.4, -0.2) is 27.9 Å². The number of halogens is 1. The topological polar surface area (TPSA) is 110 Å². The van der Waals surface area contributed by atoms with E-state index in [0.717, 1.165) is 12.1 Å². The van der Waals surface area contributed by atoms with Crippen LogP contribution < -0.4 is 5.32 Å². The molecule has 0 aliphatic carbocycles. The molecular formula is C12H13FN2O5. The summed E-state index contributed by atoms with van der Waals surface area (Å²) in [5.41, 5.74) is -1.08. The molecule has 7 nitrogen and oxygen atoms in total. The minimum Gasteiger partial charge on any atom is -0.480 e. The van der Waals surface area contributed by atoms with Crippen LogP contribution in [0, 0.1) is 15.9 Å². The minimum absolute atomic E-state index is 0.191. The number of nitrogens with one attached hydrogen (secondary N) is 1. The Kier molecular flexibility index (Phi) is 5.13. The van der Waals surface area contributed by atoms with E-state index >= 15 is 0 Å². The first-order valence-corrected chi connectivity index (χ1v) is 5.84. The summed E-state index contributed by atoms with van der Waals surface area (Å²) in [5, 5.41) is 21.9. The van der Waals surface area contributed by atoms with Crippen LogP contribution in [0.1, 0.15) is 30.1 Å². The highest BCUT2D eigenvalue weighted by Gasteiger charge is 2.25. The summed E-state index contributed by atoms with van der Waals surface area (Å²) in [7, 11) is 0. The number of hydrogen-bond acceptors (Lipinski definition) is 4.